The Bertz CT molecular complexity index is 888. The summed E-state index contributed by atoms with van der Waals surface area (Å²) in [6.45, 7) is 4.09. The molecule has 0 unspecified atom stereocenters. The third kappa shape index (κ3) is 3.97. The Morgan fingerprint density at radius 3 is 2.73 bits per heavy atom. The smallest absolute Gasteiger partial charge is 0.267 e. The number of benzene rings is 2. The van der Waals surface area contributed by atoms with Crippen LogP contribution in [0.4, 0.5) is 5.69 Å². The highest BCUT2D eigenvalue weighted by Gasteiger charge is 2.32. The fourth-order valence-electron chi connectivity index (χ4n) is 2.40. The van der Waals surface area contributed by atoms with Gasteiger partial charge < -0.3 is 9.84 Å². The molecule has 3 rings (SSSR count). The molecule has 0 saturated carbocycles. The number of aromatic hydroxyl groups is 1. The predicted molar refractivity (Wildman–Crippen MR) is 106 cm³/mol. The van der Waals surface area contributed by atoms with Crippen molar-refractivity contribution in [3.05, 3.63) is 71.7 Å². The van der Waals surface area contributed by atoms with E-state index in [1.54, 1.807) is 42.4 Å². The molecular formula is C20H18N2O3S. The molecule has 1 heterocycles. The van der Waals surface area contributed by atoms with Gasteiger partial charge in [-0.3, -0.25) is 9.69 Å². The Balaban J connectivity index is 1.93. The maximum Gasteiger partial charge on any atom is 0.267 e. The zero-order valence-electron chi connectivity index (χ0n) is 14.3. The molecule has 2 aromatic carbocycles. The topological polar surface area (TPSA) is 62.1 Å². The van der Waals surface area contributed by atoms with Crippen LogP contribution in [-0.4, -0.2) is 34.7 Å². The average molecular weight is 366 g/mol. The summed E-state index contributed by atoms with van der Waals surface area (Å²) in [6.07, 6.45) is 3.49. The van der Waals surface area contributed by atoms with Crippen LogP contribution in [-0.2, 0) is 4.79 Å². The minimum Gasteiger partial charge on any atom is -0.508 e. The lowest BCUT2D eigenvalue weighted by Crippen LogP contribution is -2.29. The molecule has 1 aliphatic heterocycles. The number of thioether (sulfide) groups is 1. The monoisotopic (exact) mass is 366 g/mol. The van der Waals surface area contributed by atoms with Gasteiger partial charge in [0.25, 0.3) is 5.91 Å². The summed E-state index contributed by atoms with van der Waals surface area (Å²) >= 11 is 1.31. The van der Waals surface area contributed by atoms with E-state index in [4.69, 9.17) is 4.74 Å². The first-order chi connectivity index (χ1) is 12.6. The summed E-state index contributed by atoms with van der Waals surface area (Å²) in [6, 6.07) is 14.0. The molecule has 0 atom stereocenters. The second-order valence-corrected chi connectivity index (χ2v) is 6.51. The first-order valence-corrected chi connectivity index (χ1v) is 8.76. The van der Waals surface area contributed by atoms with Crippen molar-refractivity contribution in [2.45, 2.75) is 0 Å². The van der Waals surface area contributed by atoms with Crippen LogP contribution in [0.2, 0.25) is 0 Å². The minimum absolute atomic E-state index is 0.116. The maximum absolute atomic E-state index is 12.7. The van der Waals surface area contributed by atoms with Crippen molar-refractivity contribution in [3.63, 3.8) is 0 Å². The molecule has 0 spiro atoms. The van der Waals surface area contributed by atoms with Crippen LogP contribution in [0.25, 0.3) is 6.08 Å². The predicted octanol–water partition coefficient (Wildman–Crippen LogP) is 4.19. The van der Waals surface area contributed by atoms with Crippen LogP contribution in [0.3, 0.4) is 0 Å². The molecule has 5 nitrogen and oxygen atoms in total. The van der Waals surface area contributed by atoms with E-state index < -0.39 is 0 Å². The standard InChI is InChI=1S/C20H18N2O3S/c1-3-11-22-19(24)18(13-14-5-4-6-17(12-14)25-2)26-20(22)21-15-7-9-16(23)10-8-15/h3-10,12-13,23H,1,11H2,2H3/b18-13-,21-20?. The highest BCUT2D eigenvalue weighted by Crippen LogP contribution is 2.34. The number of amides is 1. The van der Waals surface area contributed by atoms with Gasteiger partial charge in [-0.2, -0.15) is 0 Å². The van der Waals surface area contributed by atoms with E-state index in [2.05, 4.69) is 11.6 Å². The Morgan fingerprint density at radius 1 is 1.27 bits per heavy atom. The van der Waals surface area contributed by atoms with Crippen LogP contribution in [0.5, 0.6) is 11.5 Å². The number of ether oxygens (including phenoxy) is 1. The Kier molecular flexibility index (Phi) is 5.43. The van der Waals surface area contributed by atoms with Crippen LogP contribution in [0.1, 0.15) is 5.56 Å². The molecule has 0 aliphatic carbocycles. The summed E-state index contributed by atoms with van der Waals surface area (Å²) in [7, 11) is 1.61. The third-order valence-corrected chi connectivity index (χ3v) is 4.67. The fraction of sp³-hybridized carbons (Fsp3) is 0.100. The van der Waals surface area contributed by atoms with Crippen molar-refractivity contribution in [1.29, 1.82) is 0 Å². The molecule has 1 aliphatic rings. The number of phenols is 1. The summed E-state index contributed by atoms with van der Waals surface area (Å²) in [5.41, 5.74) is 1.54. The minimum atomic E-state index is -0.116. The first kappa shape index (κ1) is 17.8. The van der Waals surface area contributed by atoms with Crippen molar-refractivity contribution >= 4 is 34.6 Å². The van der Waals surface area contributed by atoms with Gasteiger partial charge in [0.15, 0.2) is 5.17 Å². The van der Waals surface area contributed by atoms with E-state index >= 15 is 0 Å². The highest BCUT2D eigenvalue weighted by molar-refractivity contribution is 8.18. The molecule has 1 saturated heterocycles. The van der Waals surface area contributed by atoms with E-state index in [1.807, 2.05) is 30.3 Å². The van der Waals surface area contributed by atoms with Crippen molar-refractivity contribution in [3.8, 4) is 11.5 Å². The zero-order valence-corrected chi connectivity index (χ0v) is 15.1. The highest BCUT2D eigenvalue weighted by atomic mass is 32.2. The number of rotatable bonds is 5. The van der Waals surface area contributed by atoms with Crippen molar-refractivity contribution in [2.24, 2.45) is 4.99 Å². The number of aliphatic imine (C=N–C) groups is 1. The summed E-state index contributed by atoms with van der Waals surface area (Å²) in [5.74, 6) is 0.789. The molecule has 1 amide bonds. The number of nitrogens with zero attached hydrogens (tertiary/aromatic N) is 2. The first-order valence-electron chi connectivity index (χ1n) is 7.95. The van der Waals surface area contributed by atoms with Crippen molar-refractivity contribution < 1.29 is 14.6 Å². The second-order valence-electron chi connectivity index (χ2n) is 5.50. The molecule has 0 radical (unpaired) electrons. The maximum atomic E-state index is 12.7. The number of hydrogen-bond acceptors (Lipinski definition) is 5. The van der Waals surface area contributed by atoms with E-state index in [-0.39, 0.29) is 11.7 Å². The zero-order chi connectivity index (χ0) is 18.5. The molecular weight excluding hydrogens is 348 g/mol. The van der Waals surface area contributed by atoms with Crippen molar-refractivity contribution in [1.82, 2.24) is 4.90 Å². The lowest BCUT2D eigenvalue weighted by Gasteiger charge is -2.12. The van der Waals surface area contributed by atoms with Gasteiger partial charge in [0.2, 0.25) is 0 Å². The van der Waals surface area contributed by atoms with Gasteiger partial charge in [-0.15, -0.1) is 6.58 Å². The third-order valence-electron chi connectivity index (χ3n) is 3.67. The van der Waals surface area contributed by atoms with E-state index in [0.717, 1.165) is 11.3 Å². The number of amidine groups is 1. The number of phenolic OH excluding ortho intramolecular Hbond substituents is 1. The number of carbonyl (C=O) groups excluding carboxylic acids is 1. The molecule has 6 heteroatoms. The van der Waals surface area contributed by atoms with Gasteiger partial charge in [-0.1, -0.05) is 18.2 Å². The molecule has 1 N–H and O–H groups in total. The second kappa shape index (κ2) is 7.93. The Hall–Kier alpha value is -2.99. The van der Waals surface area contributed by atoms with Gasteiger partial charge in [-0.25, -0.2) is 4.99 Å². The van der Waals surface area contributed by atoms with Crippen LogP contribution in [0.15, 0.2) is 71.1 Å². The van der Waals surface area contributed by atoms with Crippen LogP contribution in [0, 0.1) is 0 Å². The van der Waals surface area contributed by atoms with Crippen molar-refractivity contribution in [2.75, 3.05) is 13.7 Å². The Labute approximate surface area is 156 Å². The van der Waals surface area contributed by atoms with E-state index in [0.29, 0.717) is 22.3 Å². The Morgan fingerprint density at radius 2 is 2.04 bits per heavy atom. The molecule has 2 aromatic rings. The fourth-order valence-corrected chi connectivity index (χ4v) is 3.41. The summed E-state index contributed by atoms with van der Waals surface area (Å²) in [4.78, 5) is 19.4. The number of methoxy groups -OCH3 is 1. The number of carbonyl (C=O) groups is 1. The van der Waals surface area contributed by atoms with Gasteiger partial charge in [0, 0.05) is 6.54 Å². The quantitative estimate of drug-likeness (QED) is 0.637. The van der Waals surface area contributed by atoms with E-state index in [9.17, 15) is 9.90 Å². The van der Waals surface area contributed by atoms with Crippen LogP contribution >= 0.6 is 11.8 Å². The van der Waals surface area contributed by atoms with Crippen LogP contribution < -0.4 is 4.74 Å². The van der Waals surface area contributed by atoms with E-state index in [1.165, 1.54) is 11.8 Å². The molecule has 0 aromatic heterocycles. The SMILES string of the molecule is C=CCN1C(=O)/C(=C/c2cccc(OC)c2)SC1=Nc1ccc(O)cc1. The molecule has 1 fully saturated rings. The lowest BCUT2D eigenvalue weighted by molar-refractivity contribution is -0.121. The normalized spacial score (nSPS) is 17.1. The largest absolute Gasteiger partial charge is 0.508 e. The lowest BCUT2D eigenvalue weighted by atomic mass is 10.2. The summed E-state index contributed by atoms with van der Waals surface area (Å²) < 4.78 is 5.23. The number of hydrogen-bond donors (Lipinski definition) is 1. The van der Waals surface area contributed by atoms with Gasteiger partial charge in [0.05, 0.1) is 17.7 Å². The molecule has 132 valence electrons. The summed E-state index contributed by atoms with van der Waals surface area (Å²) in [5, 5.41) is 9.97. The van der Waals surface area contributed by atoms with Gasteiger partial charge in [-0.05, 0) is 59.8 Å². The molecule has 26 heavy (non-hydrogen) atoms. The van der Waals surface area contributed by atoms with Gasteiger partial charge >= 0.3 is 0 Å². The van der Waals surface area contributed by atoms with Gasteiger partial charge in [0.1, 0.15) is 11.5 Å². The molecule has 0 bridgehead atoms. The average Bonchev–Trinajstić information content (AvgIpc) is 2.93.